The van der Waals surface area contributed by atoms with Crippen LogP contribution < -0.4 is 5.32 Å². The summed E-state index contributed by atoms with van der Waals surface area (Å²) in [4.78, 5) is 6.82. The van der Waals surface area contributed by atoms with E-state index in [4.69, 9.17) is 0 Å². The Morgan fingerprint density at radius 2 is 2.16 bits per heavy atom. The number of nitrogens with one attached hydrogen (secondary N) is 1. The van der Waals surface area contributed by atoms with Crippen molar-refractivity contribution in [2.45, 2.75) is 32.6 Å². The molecule has 0 saturated carbocycles. The van der Waals surface area contributed by atoms with E-state index >= 15 is 0 Å². The minimum atomic E-state index is 0.537. The minimum Gasteiger partial charge on any atom is -0.356 e. The topological polar surface area (TPSA) is 63.3 Å². The molecule has 2 aromatic heterocycles. The highest BCUT2D eigenvalue weighted by molar-refractivity contribution is 5.80. The maximum absolute atomic E-state index is 4.49. The number of aliphatic imine (C=N–C) groups is 1. The molecule has 1 aliphatic heterocycles. The molecule has 1 saturated heterocycles. The van der Waals surface area contributed by atoms with Crippen molar-refractivity contribution in [3.63, 3.8) is 0 Å². The molecule has 7 heteroatoms. The molecular weight excluding hydrogens is 314 g/mol. The van der Waals surface area contributed by atoms with Gasteiger partial charge in [-0.25, -0.2) is 0 Å². The number of aryl methyl sites for hydroxylation is 3. The Labute approximate surface area is 149 Å². The van der Waals surface area contributed by atoms with Crippen LogP contribution in [-0.4, -0.2) is 57.1 Å². The Kier molecular flexibility index (Phi) is 5.11. The molecule has 0 radical (unpaired) electrons. The van der Waals surface area contributed by atoms with Crippen molar-refractivity contribution in [1.29, 1.82) is 0 Å². The molecule has 7 nitrogen and oxygen atoms in total. The van der Waals surface area contributed by atoms with E-state index in [2.05, 4.69) is 45.5 Å². The summed E-state index contributed by atoms with van der Waals surface area (Å²) < 4.78 is 3.84. The molecule has 1 aliphatic rings. The lowest BCUT2D eigenvalue weighted by Crippen LogP contribution is -2.40. The largest absolute Gasteiger partial charge is 0.356 e. The van der Waals surface area contributed by atoms with Gasteiger partial charge in [0.05, 0.1) is 11.9 Å². The zero-order valence-corrected chi connectivity index (χ0v) is 16.0. The van der Waals surface area contributed by atoms with Crippen LogP contribution >= 0.6 is 0 Å². The van der Waals surface area contributed by atoms with Crippen molar-refractivity contribution in [1.82, 2.24) is 29.8 Å². The van der Waals surface area contributed by atoms with Gasteiger partial charge in [0.15, 0.2) is 5.96 Å². The van der Waals surface area contributed by atoms with Gasteiger partial charge in [0.2, 0.25) is 0 Å². The summed E-state index contributed by atoms with van der Waals surface area (Å²) in [6.45, 7) is 7.10. The van der Waals surface area contributed by atoms with E-state index < -0.39 is 0 Å². The number of likely N-dealkylation sites (tertiary alicyclic amines) is 1. The molecule has 1 unspecified atom stereocenters. The average molecular weight is 343 g/mol. The molecule has 3 rings (SSSR count). The Hall–Kier alpha value is -2.31. The summed E-state index contributed by atoms with van der Waals surface area (Å²) in [6, 6.07) is 0. The average Bonchev–Trinajstić information content (AvgIpc) is 3.27. The van der Waals surface area contributed by atoms with Gasteiger partial charge in [-0.15, -0.1) is 0 Å². The number of guanidine groups is 1. The first-order valence-electron chi connectivity index (χ1n) is 8.92. The number of aromatic nitrogens is 4. The van der Waals surface area contributed by atoms with Crippen LogP contribution in [0.15, 0.2) is 17.4 Å². The van der Waals surface area contributed by atoms with Crippen molar-refractivity contribution in [2.24, 2.45) is 19.1 Å². The lowest BCUT2D eigenvalue weighted by atomic mass is 10.0. The fraction of sp³-hybridized carbons (Fsp3) is 0.611. The van der Waals surface area contributed by atoms with E-state index in [-0.39, 0.29) is 0 Å². The van der Waals surface area contributed by atoms with Gasteiger partial charge in [-0.1, -0.05) is 0 Å². The summed E-state index contributed by atoms with van der Waals surface area (Å²) in [6.07, 6.45) is 6.22. The highest BCUT2D eigenvalue weighted by Crippen LogP contribution is 2.26. The zero-order valence-electron chi connectivity index (χ0n) is 16.0. The summed E-state index contributed by atoms with van der Waals surface area (Å²) in [7, 11) is 5.83. The van der Waals surface area contributed by atoms with Crippen molar-refractivity contribution in [2.75, 3.05) is 26.7 Å². The summed E-state index contributed by atoms with van der Waals surface area (Å²) in [5.41, 5.74) is 5.02. The van der Waals surface area contributed by atoms with Crippen molar-refractivity contribution < 1.29 is 0 Å². The number of hydrogen-bond acceptors (Lipinski definition) is 3. The Morgan fingerprint density at radius 3 is 2.76 bits per heavy atom. The predicted octanol–water partition coefficient (Wildman–Crippen LogP) is 1.38. The highest BCUT2D eigenvalue weighted by Gasteiger charge is 2.26. The molecule has 0 spiro atoms. The molecule has 0 amide bonds. The Balaban J connectivity index is 1.55. The number of rotatable bonds is 4. The van der Waals surface area contributed by atoms with E-state index in [0.717, 1.165) is 44.1 Å². The van der Waals surface area contributed by atoms with Crippen LogP contribution in [0.25, 0.3) is 0 Å². The molecule has 1 fully saturated rings. The van der Waals surface area contributed by atoms with Crippen molar-refractivity contribution >= 4 is 5.96 Å². The van der Waals surface area contributed by atoms with E-state index in [1.807, 2.05) is 36.7 Å². The smallest absolute Gasteiger partial charge is 0.193 e. The Morgan fingerprint density at radius 1 is 1.36 bits per heavy atom. The van der Waals surface area contributed by atoms with Crippen LogP contribution in [0.2, 0.25) is 0 Å². The zero-order chi connectivity index (χ0) is 18.0. The molecule has 1 atom stereocenters. The van der Waals surface area contributed by atoms with Crippen LogP contribution in [0.4, 0.5) is 0 Å². The predicted molar refractivity (Wildman–Crippen MR) is 99.9 cm³/mol. The normalized spacial score (nSPS) is 18.2. The van der Waals surface area contributed by atoms with Gasteiger partial charge >= 0.3 is 0 Å². The van der Waals surface area contributed by atoms with Gasteiger partial charge in [0, 0.05) is 58.6 Å². The van der Waals surface area contributed by atoms with Crippen LogP contribution in [0, 0.1) is 13.8 Å². The summed E-state index contributed by atoms with van der Waals surface area (Å²) in [5.74, 6) is 1.53. The van der Waals surface area contributed by atoms with E-state index in [9.17, 15) is 0 Å². The van der Waals surface area contributed by atoms with Gasteiger partial charge in [0.25, 0.3) is 0 Å². The second-order valence-electron chi connectivity index (χ2n) is 6.88. The van der Waals surface area contributed by atoms with E-state index in [1.165, 1.54) is 16.8 Å². The van der Waals surface area contributed by atoms with Gasteiger partial charge in [0.1, 0.15) is 0 Å². The van der Waals surface area contributed by atoms with Crippen LogP contribution in [0.5, 0.6) is 0 Å². The number of hydrogen-bond donors (Lipinski definition) is 1. The monoisotopic (exact) mass is 343 g/mol. The molecule has 2 aromatic rings. The van der Waals surface area contributed by atoms with Crippen LogP contribution in [-0.2, 0) is 20.5 Å². The molecule has 1 N–H and O–H groups in total. The second-order valence-corrected chi connectivity index (χ2v) is 6.88. The molecule has 0 aliphatic carbocycles. The van der Waals surface area contributed by atoms with Crippen molar-refractivity contribution in [3.05, 3.63) is 34.9 Å². The fourth-order valence-electron chi connectivity index (χ4n) is 3.69. The fourth-order valence-corrected chi connectivity index (χ4v) is 3.69. The third-order valence-corrected chi connectivity index (χ3v) is 5.21. The van der Waals surface area contributed by atoms with Gasteiger partial charge in [-0.2, -0.15) is 10.2 Å². The highest BCUT2D eigenvalue weighted by atomic mass is 15.3. The molecule has 0 bridgehead atoms. The lowest BCUT2D eigenvalue weighted by Gasteiger charge is -2.21. The maximum Gasteiger partial charge on any atom is 0.193 e. The maximum atomic E-state index is 4.49. The SMILES string of the molecule is CN=C(NCCc1c(C)nn(C)c1C)N1CCC(c2cnn(C)c2)C1. The first kappa shape index (κ1) is 17.5. The minimum absolute atomic E-state index is 0.537. The lowest BCUT2D eigenvalue weighted by molar-refractivity contribution is 0.486. The third-order valence-electron chi connectivity index (χ3n) is 5.21. The number of nitrogens with zero attached hydrogens (tertiary/aromatic N) is 6. The van der Waals surface area contributed by atoms with Gasteiger partial charge in [-0.3, -0.25) is 14.4 Å². The second kappa shape index (κ2) is 7.29. The standard InChI is InChI=1S/C18H29N7/c1-13-17(14(2)24(5)22-13)6-8-20-18(19-3)25-9-7-15(12-25)16-10-21-23(4)11-16/h10-11,15H,6-9,12H2,1-5H3,(H,19,20). The molecule has 0 aromatic carbocycles. The van der Waals surface area contributed by atoms with Crippen LogP contribution in [0.3, 0.4) is 0 Å². The van der Waals surface area contributed by atoms with E-state index in [0.29, 0.717) is 5.92 Å². The third kappa shape index (κ3) is 3.70. The molecule has 136 valence electrons. The quantitative estimate of drug-likeness (QED) is 0.673. The Bertz CT molecular complexity index is 756. The van der Waals surface area contributed by atoms with Gasteiger partial charge in [-0.05, 0) is 37.8 Å². The van der Waals surface area contributed by atoms with E-state index in [1.54, 1.807) is 0 Å². The first-order valence-corrected chi connectivity index (χ1v) is 8.92. The van der Waals surface area contributed by atoms with Crippen molar-refractivity contribution in [3.8, 4) is 0 Å². The summed E-state index contributed by atoms with van der Waals surface area (Å²) >= 11 is 0. The molecule has 3 heterocycles. The summed E-state index contributed by atoms with van der Waals surface area (Å²) in [5, 5.41) is 12.3. The molecular formula is C18H29N7. The van der Waals surface area contributed by atoms with Crippen LogP contribution in [0.1, 0.15) is 34.9 Å². The molecule has 25 heavy (non-hydrogen) atoms. The van der Waals surface area contributed by atoms with Gasteiger partial charge < -0.3 is 10.2 Å². The first-order chi connectivity index (χ1) is 12.0.